The standard InChI is InChI=1S/2C16H36N.Ar.H2O4S/c2*1-5-9-13-17(14-10-6-2,15-11-7-3)16-12-8-4;;1-5(2,3)4/h2*5-16H2,1-4H3;;(H2,1,2,3,4)/q2*+1;;/p-2. The summed E-state index contributed by atoms with van der Waals surface area (Å²) in [4.78, 5) is 0. The van der Waals surface area contributed by atoms with Crippen molar-refractivity contribution in [3.63, 3.8) is 0 Å². The average molecular weight is 621 g/mol. The molecule has 0 N–H and O–H groups in total. The normalized spacial score (nSPS) is 11.7. The Bertz CT molecular complexity index is 472. The quantitative estimate of drug-likeness (QED) is 0.0614. The van der Waals surface area contributed by atoms with E-state index in [9.17, 15) is 0 Å². The summed E-state index contributed by atoms with van der Waals surface area (Å²) in [5.74, 6) is 0. The van der Waals surface area contributed by atoms with Crippen LogP contribution >= 0.6 is 0 Å². The molecular formula is C32H72ArN2O4S. The predicted molar refractivity (Wildman–Crippen MR) is 169 cm³/mol. The molecule has 248 valence electrons. The van der Waals surface area contributed by atoms with Gasteiger partial charge in [0.15, 0.2) is 0 Å². The Balaban J connectivity index is -0.000000271. The van der Waals surface area contributed by atoms with Crippen molar-refractivity contribution in [1.82, 2.24) is 0 Å². The van der Waals surface area contributed by atoms with Gasteiger partial charge in [-0.15, -0.1) is 0 Å². The molecule has 0 rings (SSSR count). The second-order valence-electron chi connectivity index (χ2n) is 11.7. The Morgan fingerprint density at radius 3 is 0.550 bits per heavy atom. The number of hydrogen-bond acceptors (Lipinski definition) is 4. The van der Waals surface area contributed by atoms with E-state index in [0.717, 1.165) is 0 Å². The van der Waals surface area contributed by atoms with E-state index in [1.807, 2.05) is 0 Å². The SMILES string of the molecule is CCCC[N+](CCCC)(CCCC)CCCC.CCCC[N+](CCCC)(CCCC)CCCC.O=S(=O)([O-])[O-].[Ar]. The molecule has 0 aromatic carbocycles. The minimum atomic E-state index is -5.17. The summed E-state index contributed by atoms with van der Waals surface area (Å²) in [7, 11) is -5.17. The van der Waals surface area contributed by atoms with Crippen LogP contribution in [-0.4, -0.2) is 78.8 Å². The van der Waals surface area contributed by atoms with Crippen molar-refractivity contribution >= 4 is 10.4 Å². The summed E-state index contributed by atoms with van der Waals surface area (Å²) in [5, 5.41) is 0. The molecule has 0 atom stereocenters. The molecule has 0 aliphatic heterocycles. The van der Waals surface area contributed by atoms with Crippen LogP contribution in [0.5, 0.6) is 0 Å². The fourth-order valence-electron chi connectivity index (χ4n) is 5.29. The van der Waals surface area contributed by atoms with E-state index in [-0.39, 0.29) is 37.7 Å². The van der Waals surface area contributed by atoms with E-state index in [0.29, 0.717) is 0 Å². The van der Waals surface area contributed by atoms with Crippen LogP contribution in [0, 0.1) is 37.7 Å². The second kappa shape index (κ2) is 33.0. The Kier molecular flexibility index (Phi) is 39.5. The molecule has 0 spiro atoms. The van der Waals surface area contributed by atoms with Crippen molar-refractivity contribution in [3.05, 3.63) is 0 Å². The van der Waals surface area contributed by atoms with E-state index < -0.39 is 10.4 Å². The molecule has 0 saturated heterocycles. The maximum Gasteiger partial charge on any atom is 0.0786 e. The predicted octanol–water partition coefficient (Wildman–Crippen LogP) is 8.67. The van der Waals surface area contributed by atoms with Gasteiger partial charge in [-0.2, -0.15) is 0 Å². The van der Waals surface area contributed by atoms with E-state index in [4.69, 9.17) is 17.5 Å². The van der Waals surface area contributed by atoms with Crippen molar-refractivity contribution in [2.75, 3.05) is 52.4 Å². The van der Waals surface area contributed by atoms with E-state index >= 15 is 0 Å². The number of rotatable bonds is 24. The fourth-order valence-corrected chi connectivity index (χ4v) is 5.29. The van der Waals surface area contributed by atoms with Crippen LogP contribution in [0.15, 0.2) is 0 Å². The molecule has 6 nitrogen and oxygen atoms in total. The topological polar surface area (TPSA) is 80.3 Å². The molecule has 0 saturated carbocycles. The van der Waals surface area contributed by atoms with Crippen LogP contribution in [0.1, 0.15) is 158 Å². The van der Waals surface area contributed by atoms with Gasteiger partial charge in [-0.1, -0.05) is 107 Å². The Morgan fingerprint density at radius 2 is 0.475 bits per heavy atom. The number of quaternary nitrogens is 2. The summed E-state index contributed by atoms with van der Waals surface area (Å²) in [6, 6.07) is 0. The van der Waals surface area contributed by atoms with Crippen LogP contribution in [-0.2, 0) is 10.4 Å². The van der Waals surface area contributed by atoms with Crippen LogP contribution in [0.2, 0.25) is 0 Å². The largest absolute Gasteiger partial charge is 0.759 e. The first-order chi connectivity index (χ1) is 18.5. The summed E-state index contributed by atoms with van der Waals surface area (Å²) in [5.41, 5.74) is 0. The molecule has 0 aromatic rings. The van der Waals surface area contributed by atoms with Gasteiger partial charge in [-0.05, 0) is 51.4 Å². The van der Waals surface area contributed by atoms with Crippen molar-refractivity contribution in [2.24, 2.45) is 0 Å². The van der Waals surface area contributed by atoms with Crippen LogP contribution in [0.25, 0.3) is 0 Å². The molecule has 40 heavy (non-hydrogen) atoms. The number of unbranched alkanes of at least 4 members (excludes halogenated alkanes) is 8. The molecule has 0 fully saturated rings. The minimum absolute atomic E-state index is 0. The Labute approximate surface area is 283 Å². The Morgan fingerprint density at radius 1 is 0.375 bits per heavy atom. The van der Waals surface area contributed by atoms with E-state index in [1.54, 1.807) is 0 Å². The number of hydrogen-bond donors (Lipinski definition) is 0. The third-order valence-electron chi connectivity index (χ3n) is 7.89. The van der Waals surface area contributed by atoms with Crippen LogP contribution in [0.3, 0.4) is 0 Å². The first-order valence-electron chi connectivity index (χ1n) is 16.9. The van der Waals surface area contributed by atoms with Crippen LogP contribution in [0.4, 0.5) is 0 Å². The zero-order valence-electron chi connectivity index (χ0n) is 28.3. The molecule has 0 aromatic heterocycles. The summed E-state index contributed by atoms with van der Waals surface area (Å²) in [6.45, 7) is 30.0. The monoisotopic (exact) mass is 620 g/mol. The van der Waals surface area contributed by atoms with Gasteiger partial charge < -0.3 is 18.1 Å². The van der Waals surface area contributed by atoms with Crippen molar-refractivity contribution in [3.8, 4) is 0 Å². The molecule has 0 unspecified atom stereocenters. The van der Waals surface area contributed by atoms with Gasteiger partial charge in [-0.25, -0.2) is 0 Å². The summed E-state index contributed by atoms with van der Waals surface area (Å²) < 4.78 is 36.9. The average Bonchev–Trinajstić information content (AvgIpc) is 2.91. The van der Waals surface area contributed by atoms with Gasteiger partial charge in [0.2, 0.25) is 0 Å². The van der Waals surface area contributed by atoms with Crippen molar-refractivity contribution in [2.45, 2.75) is 158 Å². The summed E-state index contributed by atoms with van der Waals surface area (Å²) in [6.07, 6.45) is 22.1. The van der Waals surface area contributed by atoms with Gasteiger partial charge in [0, 0.05) is 48.1 Å². The molecule has 0 heterocycles. The van der Waals surface area contributed by atoms with Crippen molar-refractivity contribution in [1.29, 1.82) is 0 Å². The van der Waals surface area contributed by atoms with E-state index in [1.165, 1.54) is 164 Å². The molecule has 0 radical (unpaired) electrons. The molecule has 0 aliphatic rings. The van der Waals surface area contributed by atoms with Crippen molar-refractivity contribution < 1.29 is 64.2 Å². The molecular weight excluding hydrogens is 548 g/mol. The first-order valence-corrected chi connectivity index (χ1v) is 18.2. The van der Waals surface area contributed by atoms with Crippen LogP contribution < -0.4 is 0 Å². The maximum absolute atomic E-state index is 8.52. The molecule has 8 heteroatoms. The van der Waals surface area contributed by atoms with Gasteiger partial charge >= 0.3 is 0 Å². The van der Waals surface area contributed by atoms with E-state index in [2.05, 4.69) is 55.4 Å². The van der Waals surface area contributed by atoms with Gasteiger partial charge in [0.05, 0.1) is 52.4 Å². The molecule has 0 amide bonds. The Hall–Kier alpha value is 1.05. The first kappa shape index (κ1) is 48.0. The minimum Gasteiger partial charge on any atom is -0.759 e. The van der Waals surface area contributed by atoms with Gasteiger partial charge in [0.1, 0.15) is 0 Å². The number of nitrogens with zero attached hydrogens (tertiary/aromatic N) is 2. The smallest absolute Gasteiger partial charge is 0.0786 e. The zero-order chi connectivity index (χ0) is 30.5. The summed E-state index contributed by atoms with van der Waals surface area (Å²) >= 11 is 0. The molecule has 0 bridgehead atoms. The molecule has 0 aliphatic carbocycles. The second-order valence-corrected chi connectivity index (χ2v) is 12.5. The third kappa shape index (κ3) is 33.6. The maximum atomic E-state index is 8.52. The fraction of sp³-hybridized carbons (Fsp3) is 1.00. The zero-order valence-corrected chi connectivity index (χ0v) is 29.8. The van der Waals surface area contributed by atoms with Gasteiger partial charge in [-0.3, -0.25) is 8.42 Å². The van der Waals surface area contributed by atoms with Gasteiger partial charge in [0.25, 0.3) is 0 Å². The third-order valence-corrected chi connectivity index (χ3v) is 7.89.